The first kappa shape index (κ1) is 12.3. The molecule has 7 heteroatoms. The third-order valence-electron chi connectivity index (χ3n) is 2.71. The molecule has 0 saturated heterocycles. The smallest absolute Gasteiger partial charge is 0.240 e. The Morgan fingerprint density at radius 3 is 3.11 bits per heavy atom. The predicted molar refractivity (Wildman–Crippen MR) is 77.1 cm³/mol. The maximum absolute atomic E-state index is 5.79. The summed E-state index contributed by atoms with van der Waals surface area (Å²) in [6.07, 6.45) is 1.78. The van der Waals surface area contributed by atoms with E-state index in [-0.39, 0.29) is 0 Å². The maximum atomic E-state index is 5.79. The number of aromatic nitrogens is 3. The number of benzene rings is 1. The number of hydrogen-bond acceptors (Lipinski definition) is 5. The lowest BCUT2D eigenvalue weighted by Gasteiger charge is -2.04. The van der Waals surface area contributed by atoms with Crippen molar-refractivity contribution in [2.24, 2.45) is 0 Å². The van der Waals surface area contributed by atoms with Crippen LogP contribution in [0.15, 0.2) is 24.4 Å². The Hall–Kier alpha value is -1.79. The standard InChI is InChI=1S/C12H11ClN4OS/c1-18-11-9-3-2-7(4-10(9)16-17-11)14-5-8-6-15-12(13)19-8/h2-4,6,14H,5H2,1H3,(H,16,17). The molecule has 0 spiro atoms. The zero-order valence-electron chi connectivity index (χ0n) is 10.1. The molecule has 98 valence electrons. The Bertz CT molecular complexity index is 709. The van der Waals surface area contributed by atoms with Gasteiger partial charge in [0.05, 0.1) is 24.6 Å². The third-order valence-corrected chi connectivity index (χ3v) is 3.83. The lowest BCUT2D eigenvalue weighted by Crippen LogP contribution is -1.96. The van der Waals surface area contributed by atoms with E-state index in [1.807, 2.05) is 18.2 Å². The SMILES string of the molecule is COc1n[nH]c2cc(NCc3cnc(Cl)s3)ccc12. The fraction of sp³-hybridized carbons (Fsp3) is 0.167. The molecule has 2 aromatic heterocycles. The molecule has 0 aliphatic heterocycles. The van der Waals surface area contributed by atoms with Crippen molar-refractivity contribution >= 4 is 39.5 Å². The van der Waals surface area contributed by atoms with E-state index in [1.165, 1.54) is 11.3 Å². The second-order valence-electron chi connectivity index (χ2n) is 3.93. The fourth-order valence-electron chi connectivity index (χ4n) is 1.81. The summed E-state index contributed by atoms with van der Waals surface area (Å²) in [7, 11) is 1.61. The number of aromatic amines is 1. The first-order valence-electron chi connectivity index (χ1n) is 5.62. The van der Waals surface area contributed by atoms with Crippen molar-refractivity contribution in [2.45, 2.75) is 6.54 Å². The minimum Gasteiger partial charge on any atom is -0.480 e. The highest BCUT2D eigenvalue weighted by Crippen LogP contribution is 2.25. The van der Waals surface area contributed by atoms with Crippen molar-refractivity contribution in [3.63, 3.8) is 0 Å². The molecule has 0 amide bonds. The van der Waals surface area contributed by atoms with Crippen LogP contribution in [0.5, 0.6) is 5.88 Å². The summed E-state index contributed by atoms with van der Waals surface area (Å²) >= 11 is 7.26. The van der Waals surface area contributed by atoms with Crippen LogP contribution in [0, 0.1) is 0 Å². The van der Waals surface area contributed by atoms with Gasteiger partial charge < -0.3 is 10.1 Å². The zero-order valence-corrected chi connectivity index (χ0v) is 11.7. The summed E-state index contributed by atoms with van der Waals surface area (Å²) in [5.41, 5.74) is 1.94. The van der Waals surface area contributed by atoms with Gasteiger partial charge in [0, 0.05) is 16.8 Å². The highest BCUT2D eigenvalue weighted by Gasteiger charge is 2.06. The summed E-state index contributed by atoms with van der Waals surface area (Å²) in [5.74, 6) is 0.607. The van der Waals surface area contributed by atoms with Gasteiger partial charge in [-0.25, -0.2) is 4.98 Å². The second kappa shape index (κ2) is 5.07. The number of thiazole rings is 1. The molecule has 0 bridgehead atoms. The predicted octanol–water partition coefficient (Wildman–Crippen LogP) is 3.29. The van der Waals surface area contributed by atoms with Crippen LogP contribution in [-0.2, 0) is 6.54 Å². The average Bonchev–Trinajstić information content (AvgIpc) is 3.01. The largest absolute Gasteiger partial charge is 0.480 e. The summed E-state index contributed by atoms with van der Waals surface area (Å²) in [4.78, 5) is 5.09. The molecule has 5 nitrogen and oxygen atoms in total. The van der Waals surface area contributed by atoms with E-state index in [0.29, 0.717) is 16.9 Å². The Morgan fingerprint density at radius 2 is 2.37 bits per heavy atom. The van der Waals surface area contributed by atoms with Crippen LogP contribution in [0.2, 0.25) is 4.47 Å². The summed E-state index contributed by atoms with van der Waals surface area (Å²) < 4.78 is 5.72. The molecule has 0 aliphatic carbocycles. The van der Waals surface area contributed by atoms with Crippen LogP contribution in [-0.4, -0.2) is 22.3 Å². The van der Waals surface area contributed by atoms with Crippen molar-refractivity contribution in [1.29, 1.82) is 0 Å². The van der Waals surface area contributed by atoms with Crippen molar-refractivity contribution in [2.75, 3.05) is 12.4 Å². The summed E-state index contributed by atoms with van der Waals surface area (Å²) in [6, 6.07) is 5.95. The number of ether oxygens (including phenoxy) is 1. The number of nitrogens with zero attached hydrogens (tertiary/aromatic N) is 2. The van der Waals surface area contributed by atoms with Gasteiger partial charge in [-0.15, -0.1) is 16.4 Å². The monoisotopic (exact) mass is 294 g/mol. The molecule has 19 heavy (non-hydrogen) atoms. The van der Waals surface area contributed by atoms with E-state index in [9.17, 15) is 0 Å². The van der Waals surface area contributed by atoms with Crippen molar-refractivity contribution in [3.8, 4) is 5.88 Å². The molecular weight excluding hydrogens is 284 g/mol. The molecule has 1 aromatic carbocycles. The average molecular weight is 295 g/mol. The molecule has 0 saturated carbocycles. The van der Waals surface area contributed by atoms with E-state index in [1.54, 1.807) is 13.3 Å². The number of fused-ring (bicyclic) bond motifs is 1. The van der Waals surface area contributed by atoms with E-state index >= 15 is 0 Å². The van der Waals surface area contributed by atoms with Crippen LogP contribution in [0.25, 0.3) is 10.9 Å². The number of H-pyrrole nitrogens is 1. The van der Waals surface area contributed by atoms with E-state index in [0.717, 1.165) is 21.5 Å². The summed E-state index contributed by atoms with van der Waals surface area (Å²) in [5, 5.41) is 11.3. The highest BCUT2D eigenvalue weighted by molar-refractivity contribution is 7.15. The van der Waals surface area contributed by atoms with Gasteiger partial charge in [-0.2, -0.15) is 0 Å². The third kappa shape index (κ3) is 2.50. The first-order valence-corrected chi connectivity index (χ1v) is 6.82. The number of rotatable bonds is 4. The van der Waals surface area contributed by atoms with Crippen LogP contribution >= 0.6 is 22.9 Å². The molecular formula is C12H11ClN4OS. The normalized spacial score (nSPS) is 10.8. The van der Waals surface area contributed by atoms with Crippen LogP contribution in [0.1, 0.15) is 4.88 Å². The van der Waals surface area contributed by atoms with Gasteiger partial charge in [0.25, 0.3) is 0 Å². The quantitative estimate of drug-likeness (QED) is 0.775. The number of nitrogens with one attached hydrogen (secondary N) is 2. The molecule has 2 heterocycles. The van der Waals surface area contributed by atoms with Crippen LogP contribution < -0.4 is 10.1 Å². The Kier molecular flexibility index (Phi) is 3.27. The molecule has 0 unspecified atom stereocenters. The van der Waals surface area contributed by atoms with Crippen LogP contribution in [0.3, 0.4) is 0 Å². The lowest BCUT2D eigenvalue weighted by atomic mass is 10.2. The second-order valence-corrected chi connectivity index (χ2v) is 5.62. The maximum Gasteiger partial charge on any atom is 0.240 e. The molecule has 0 fully saturated rings. The Morgan fingerprint density at radius 1 is 1.47 bits per heavy atom. The summed E-state index contributed by atoms with van der Waals surface area (Å²) in [6.45, 7) is 0.696. The van der Waals surface area contributed by atoms with E-state index in [2.05, 4.69) is 20.5 Å². The van der Waals surface area contributed by atoms with Gasteiger partial charge >= 0.3 is 0 Å². The van der Waals surface area contributed by atoms with Gasteiger partial charge in [-0.3, -0.25) is 5.10 Å². The van der Waals surface area contributed by atoms with Gasteiger partial charge in [0.15, 0.2) is 4.47 Å². The number of halogens is 1. The van der Waals surface area contributed by atoms with E-state index < -0.39 is 0 Å². The first-order chi connectivity index (χ1) is 9.26. The fourth-order valence-corrected chi connectivity index (χ4v) is 2.73. The minimum atomic E-state index is 0.561. The van der Waals surface area contributed by atoms with Gasteiger partial charge in [-0.05, 0) is 18.2 Å². The van der Waals surface area contributed by atoms with Gasteiger partial charge in [0.2, 0.25) is 5.88 Å². The van der Waals surface area contributed by atoms with Crippen molar-refractivity contribution < 1.29 is 4.74 Å². The Labute approximate surface area is 118 Å². The molecule has 3 aromatic rings. The number of methoxy groups -OCH3 is 1. The molecule has 0 atom stereocenters. The number of hydrogen-bond donors (Lipinski definition) is 2. The van der Waals surface area contributed by atoms with Crippen molar-refractivity contribution in [1.82, 2.24) is 15.2 Å². The molecule has 0 aliphatic rings. The molecule has 2 N–H and O–H groups in total. The topological polar surface area (TPSA) is 62.8 Å². The Balaban J connectivity index is 1.78. The molecule has 0 radical (unpaired) electrons. The van der Waals surface area contributed by atoms with E-state index in [4.69, 9.17) is 16.3 Å². The zero-order chi connectivity index (χ0) is 13.2. The van der Waals surface area contributed by atoms with Crippen molar-refractivity contribution in [3.05, 3.63) is 33.7 Å². The molecule has 3 rings (SSSR count). The van der Waals surface area contributed by atoms with Gasteiger partial charge in [0.1, 0.15) is 0 Å². The van der Waals surface area contributed by atoms with Crippen LogP contribution in [0.4, 0.5) is 5.69 Å². The lowest BCUT2D eigenvalue weighted by molar-refractivity contribution is 0.401. The highest BCUT2D eigenvalue weighted by atomic mass is 35.5. The van der Waals surface area contributed by atoms with Gasteiger partial charge in [-0.1, -0.05) is 11.6 Å². The number of anilines is 1. The minimum absolute atomic E-state index is 0.561.